The van der Waals surface area contributed by atoms with E-state index < -0.39 is 88.9 Å². The molecular weight excluding hydrogens is 662 g/mol. The van der Waals surface area contributed by atoms with Crippen molar-refractivity contribution in [2.45, 2.75) is 51.0 Å². The van der Waals surface area contributed by atoms with Gasteiger partial charge in [-0.25, -0.2) is 13.6 Å². The van der Waals surface area contributed by atoms with Gasteiger partial charge in [0.1, 0.15) is 29.3 Å². The third kappa shape index (κ3) is 6.60. The molecule has 2 N–H and O–H groups in total. The molecule has 17 heteroatoms. The highest BCUT2D eigenvalue weighted by Crippen LogP contribution is 2.40. The van der Waals surface area contributed by atoms with Crippen LogP contribution in [0.5, 0.6) is 0 Å². The molecule has 258 valence electrons. The number of hydrogen-bond acceptors (Lipinski definition) is 6. The smallest absolute Gasteiger partial charge is 0.417 e. The number of benzene rings is 2. The van der Waals surface area contributed by atoms with Gasteiger partial charge in [-0.15, -0.1) is 0 Å². The van der Waals surface area contributed by atoms with Crippen LogP contribution in [0.4, 0.5) is 40.8 Å². The van der Waals surface area contributed by atoms with E-state index in [0.29, 0.717) is 17.0 Å². The molecule has 1 aromatic heterocycles. The fraction of sp³-hybridized carbons (Fsp3) is 0.387. The standard InChI is InChI=1S/C31H27F8N3O6/c1-14-7-20(30(34,35)36)25(28(44)41(14)2)17-4-3-15(18-11-48-12-19(17)18)8-23(29(45)46)40-27(43)26-21(32)9-16(10-22(26)33)42-5-6-47-13-24(42)31(37,38)39/h3-4,7,9-10,23-24H,5-6,8,11-13H2,1-2H3,(H,40,43)(H,45,46)/t23-,24+/m0/s1. The average Bonchev–Trinajstić information content (AvgIpc) is 3.49. The van der Waals surface area contributed by atoms with Gasteiger partial charge in [0, 0.05) is 31.4 Å². The number of nitrogens with one attached hydrogen (secondary N) is 1. The van der Waals surface area contributed by atoms with Gasteiger partial charge in [-0.2, -0.15) is 26.3 Å². The van der Waals surface area contributed by atoms with Gasteiger partial charge >= 0.3 is 18.3 Å². The summed E-state index contributed by atoms with van der Waals surface area (Å²) < 4.78 is 124. The van der Waals surface area contributed by atoms with Crippen LogP contribution in [0.1, 0.15) is 38.3 Å². The molecular formula is C31H27F8N3O6. The fourth-order valence-corrected chi connectivity index (χ4v) is 5.85. The molecule has 5 rings (SSSR count). The van der Waals surface area contributed by atoms with Gasteiger partial charge in [0.2, 0.25) is 0 Å². The second-order valence-corrected chi connectivity index (χ2v) is 11.3. The molecule has 3 heterocycles. The predicted octanol–water partition coefficient (Wildman–Crippen LogP) is 4.88. The highest BCUT2D eigenvalue weighted by Gasteiger charge is 2.46. The van der Waals surface area contributed by atoms with Crippen molar-refractivity contribution >= 4 is 17.6 Å². The number of nitrogens with zero attached hydrogens (tertiary/aromatic N) is 2. The van der Waals surface area contributed by atoms with E-state index >= 15 is 8.78 Å². The molecule has 2 aliphatic heterocycles. The maximum absolute atomic E-state index is 15.1. The average molecular weight is 690 g/mol. The minimum absolute atomic E-state index is 0.0646. The molecule has 0 radical (unpaired) electrons. The summed E-state index contributed by atoms with van der Waals surface area (Å²) in [4.78, 5) is 38.9. The molecule has 1 amide bonds. The van der Waals surface area contributed by atoms with Crippen LogP contribution < -0.4 is 15.8 Å². The molecule has 1 saturated heterocycles. The lowest BCUT2D eigenvalue weighted by Gasteiger charge is -2.38. The van der Waals surface area contributed by atoms with Crippen LogP contribution in [0.2, 0.25) is 0 Å². The number of ether oxygens (including phenoxy) is 2. The van der Waals surface area contributed by atoms with E-state index in [4.69, 9.17) is 9.47 Å². The first-order valence-electron chi connectivity index (χ1n) is 14.3. The van der Waals surface area contributed by atoms with Crippen LogP contribution in [0, 0.1) is 18.6 Å². The number of rotatable bonds is 7. The lowest BCUT2D eigenvalue weighted by Crippen LogP contribution is -2.53. The Morgan fingerprint density at radius 2 is 1.67 bits per heavy atom. The van der Waals surface area contributed by atoms with Crippen molar-refractivity contribution in [3.63, 3.8) is 0 Å². The highest BCUT2D eigenvalue weighted by molar-refractivity contribution is 5.97. The molecule has 0 aliphatic carbocycles. The Kier molecular flexibility index (Phi) is 9.31. The lowest BCUT2D eigenvalue weighted by molar-refractivity contribution is -0.167. The van der Waals surface area contributed by atoms with Crippen LogP contribution in [0.25, 0.3) is 11.1 Å². The summed E-state index contributed by atoms with van der Waals surface area (Å²) >= 11 is 0. The topological polar surface area (TPSA) is 110 Å². The van der Waals surface area contributed by atoms with Crippen molar-refractivity contribution in [3.8, 4) is 11.1 Å². The Morgan fingerprint density at radius 1 is 1.02 bits per heavy atom. The van der Waals surface area contributed by atoms with Gasteiger partial charge in [0.25, 0.3) is 11.5 Å². The molecule has 0 saturated carbocycles. The predicted molar refractivity (Wildman–Crippen MR) is 152 cm³/mol. The van der Waals surface area contributed by atoms with E-state index in [1.165, 1.54) is 26.1 Å². The number of fused-ring (bicyclic) bond motifs is 1. The van der Waals surface area contributed by atoms with Crippen molar-refractivity contribution in [3.05, 3.63) is 85.8 Å². The van der Waals surface area contributed by atoms with Crippen molar-refractivity contribution in [1.29, 1.82) is 0 Å². The summed E-state index contributed by atoms with van der Waals surface area (Å²) in [5.41, 5.74) is -3.79. The molecule has 9 nitrogen and oxygen atoms in total. The number of amides is 1. The van der Waals surface area contributed by atoms with Crippen LogP contribution in [-0.2, 0) is 47.1 Å². The van der Waals surface area contributed by atoms with Crippen molar-refractivity contribution in [1.82, 2.24) is 9.88 Å². The molecule has 48 heavy (non-hydrogen) atoms. The van der Waals surface area contributed by atoms with E-state index in [1.54, 1.807) is 0 Å². The number of alkyl halides is 6. The first-order chi connectivity index (χ1) is 22.4. The van der Waals surface area contributed by atoms with Crippen molar-refractivity contribution < 1.29 is 59.3 Å². The van der Waals surface area contributed by atoms with Gasteiger partial charge in [0.05, 0.1) is 37.6 Å². The number of aryl methyl sites for hydroxylation is 1. The maximum atomic E-state index is 15.1. The second kappa shape index (κ2) is 12.8. The number of carbonyl (C=O) groups is 2. The molecule has 0 unspecified atom stereocenters. The van der Waals surface area contributed by atoms with Gasteiger partial charge in [-0.1, -0.05) is 12.1 Å². The van der Waals surface area contributed by atoms with Crippen LogP contribution in [0.15, 0.2) is 35.1 Å². The Bertz CT molecular complexity index is 1820. The van der Waals surface area contributed by atoms with Crippen molar-refractivity contribution in [2.75, 3.05) is 24.7 Å². The largest absolute Gasteiger partial charge is 0.480 e. The molecule has 1 fully saturated rings. The Labute approximate surface area is 266 Å². The zero-order chi connectivity index (χ0) is 35.3. The summed E-state index contributed by atoms with van der Waals surface area (Å²) in [5.74, 6) is -6.23. The first-order valence-corrected chi connectivity index (χ1v) is 14.3. The Balaban J connectivity index is 1.45. The van der Waals surface area contributed by atoms with Gasteiger partial charge in [-0.05, 0) is 47.4 Å². The minimum Gasteiger partial charge on any atom is -0.480 e. The summed E-state index contributed by atoms with van der Waals surface area (Å²) in [5, 5.41) is 11.9. The third-order valence-electron chi connectivity index (χ3n) is 8.39. The summed E-state index contributed by atoms with van der Waals surface area (Å²) in [7, 11) is 1.31. The molecule has 2 atom stereocenters. The summed E-state index contributed by atoms with van der Waals surface area (Å²) in [6.45, 7) is -0.319. The quantitative estimate of drug-likeness (QED) is 0.341. The number of hydrogen-bond donors (Lipinski definition) is 2. The number of carboxylic acids is 1. The van der Waals surface area contributed by atoms with Crippen LogP contribution in [0.3, 0.4) is 0 Å². The monoisotopic (exact) mass is 689 g/mol. The molecule has 2 aromatic carbocycles. The van der Waals surface area contributed by atoms with E-state index in [0.717, 1.165) is 10.6 Å². The third-order valence-corrected chi connectivity index (χ3v) is 8.39. The molecule has 3 aromatic rings. The van der Waals surface area contributed by atoms with Crippen molar-refractivity contribution in [2.24, 2.45) is 7.05 Å². The van der Waals surface area contributed by atoms with E-state index in [2.05, 4.69) is 0 Å². The number of morpholine rings is 1. The number of pyridine rings is 1. The zero-order valence-electron chi connectivity index (χ0n) is 25.2. The van der Waals surface area contributed by atoms with Crippen LogP contribution >= 0.6 is 0 Å². The van der Waals surface area contributed by atoms with E-state index in [-0.39, 0.29) is 54.3 Å². The van der Waals surface area contributed by atoms with Gasteiger partial charge in [-0.3, -0.25) is 9.59 Å². The number of anilines is 1. The number of carbonyl (C=O) groups excluding carboxylic acids is 1. The van der Waals surface area contributed by atoms with E-state index in [9.17, 15) is 45.8 Å². The maximum Gasteiger partial charge on any atom is 0.417 e. The summed E-state index contributed by atoms with van der Waals surface area (Å²) in [6.07, 6.45) is -10.2. The zero-order valence-corrected chi connectivity index (χ0v) is 25.2. The normalized spacial score (nSPS) is 17.3. The van der Waals surface area contributed by atoms with Gasteiger partial charge in [0.15, 0.2) is 0 Å². The highest BCUT2D eigenvalue weighted by atomic mass is 19.4. The summed E-state index contributed by atoms with van der Waals surface area (Å²) in [6, 6.07) is 0.369. The Hall–Kier alpha value is -4.51. The number of aromatic nitrogens is 1. The van der Waals surface area contributed by atoms with Crippen LogP contribution in [-0.4, -0.2) is 59.6 Å². The SMILES string of the molecule is Cc1cc(C(F)(F)F)c(-c2ccc(C[C@H](NC(=O)c3c(F)cc(N4CCOC[C@@H]4C(F)(F)F)cc3F)C(=O)O)c3c2COC3)c(=O)n1C. The number of aliphatic carboxylic acids is 1. The number of halogens is 8. The Morgan fingerprint density at radius 3 is 2.27 bits per heavy atom. The fourth-order valence-electron chi connectivity index (χ4n) is 5.85. The van der Waals surface area contributed by atoms with E-state index in [1.807, 2.05) is 5.32 Å². The number of carboxylic acid groups (broad SMARTS) is 1. The second-order valence-electron chi connectivity index (χ2n) is 11.3. The molecule has 0 bridgehead atoms. The minimum atomic E-state index is -4.89. The molecule has 2 aliphatic rings. The first kappa shape index (κ1) is 34.8. The van der Waals surface area contributed by atoms with Gasteiger partial charge < -0.3 is 29.4 Å². The molecule has 0 spiro atoms. The lowest BCUT2D eigenvalue weighted by atomic mass is 9.89.